The molecule has 0 fully saturated rings. The summed E-state index contributed by atoms with van der Waals surface area (Å²) in [5.41, 5.74) is 1.05. The van der Waals surface area contributed by atoms with Crippen LogP contribution in [-0.4, -0.2) is 31.2 Å². The molecule has 8 heteroatoms. The molecule has 0 bridgehead atoms. The number of rotatable bonds is 5. The maximum Gasteiger partial charge on any atom is 0.262 e. The minimum absolute atomic E-state index is 0.242. The normalized spacial score (nSPS) is 11.2. The maximum absolute atomic E-state index is 14.1. The number of H-pyrrole nitrogens is 1. The van der Waals surface area contributed by atoms with E-state index in [0.29, 0.717) is 42.1 Å². The average Bonchev–Trinajstić information content (AvgIpc) is 2.97. The summed E-state index contributed by atoms with van der Waals surface area (Å²) in [6.07, 6.45) is 1.48. The fourth-order valence-corrected chi connectivity index (χ4v) is 2.63. The highest BCUT2D eigenvalue weighted by atomic mass is 19.1. The molecule has 7 nitrogen and oxygen atoms in total. The molecule has 0 spiro atoms. The fourth-order valence-electron chi connectivity index (χ4n) is 2.63. The summed E-state index contributed by atoms with van der Waals surface area (Å²) >= 11 is 0. The van der Waals surface area contributed by atoms with Gasteiger partial charge < -0.3 is 4.98 Å². The van der Waals surface area contributed by atoms with E-state index < -0.39 is 5.82 Å². The maximum atomic E-state index is 14.1. The first-order chi connectivity index (χ1) is 12.0. The van der Waals surface area contributed by atoms with Crippen LogP contribution in [0.1, 0.15) is 23.9 Å². The van der Waals surface area contributed by atoms with E-state index in [4.69, 9.17) is 5.26 Å². The smallest absolute Gasteiger partial charge is 0.262 e. The van der Waals surface area contributed by atoms with Gasteiger partial charge in [0.25, 0.3) is 5.56 Å². The number of aromatic amines is 1. The number of nitrogens with one attached hydrogen (secondary N) is 1. The summed E-state index contributed by atoms with van der Waals surface area (Å²) in [5.74, 6) is 0.0815. The van der Waals surface area contributed by atoms with Crippen molar-refractivity contribution >= 4 is 11.0 Å². The van der Waals surface area contributed by atoms with Crippen LogP contribution in [0.25, 0.3) is 11.0 Å². The first-order valence-corrected chi connectivity index (χ1v) is 7.83. The highest BCUT2D eigenvalue weighted by Gasteiger charge is 2.13. The zero-order valence-corrected chi connectivity index (χ0v) is 14.0. The van der Waals surface area contributed by atoms with Crippen LogP contribution in [0.2, 0.25) is 0 Å². The molecule has 0 aliphatic carbocycles. The van der Waals surface area contributed by atoms with Crippen molar-refractivity contribution in [3.05, 3.63) is 57.5 Å². The second-order valence-corrected chi connectivity index (χ2v) is 5.74. The molecule has 2 heterocycles. The van der Waals surface area contributed by atoms with Gasteiger partial charge in [-0.1, -0.05) is 13.0 Å². The third-order valence-corrected chi connectivity index (χ3v) is 4.05. The predicted octanol–water partition coefficient (Wildman–Crippen LogP) is 1.69. The number of aromatic nitrogens is 4. The van der Waals surface area contributed by atoms with Crippen molar-refractivity contribution in [2.45, 2.75) is 20.0 Å². The molecular formula is C17H17FN6O. The molecule has 25 heavy (non-hydrogen) atoms. The Balaban J connectivity index is 1.84. The summed E-state index contributed by atoms with van der Waals surface area (Å²) < 4.78 is 15.6. The van der Waals surface area contributed by atoms with Gasteiger partial charge in [0.1, 0.15) is 17.0 Å². The van der Waals surface area contributed by atoms with Gasteiger partial charge in [-0.05, 0) is 18.7 Å². The van der Waals surface area contributed by atoms with Crippen LogP contribution < -0.4 is 5.56 Å². The van der Waals surface area contributed by atoms with E-state index in [1.807, 2.05) is 17.9 Å². The van der Waals surface area contributed by atoms with Crippen LogP contribution >= 0.6 is 0 Å². The molecule has 3 rings (SSSR count). The molecule has 0 atom stereocenters. The second kappa shape index (κ2) is 6.83. The molecule has 0 aliphatic heterocycles. The zero-order valence-electron chi connectivity index (χ0n) is 14.0. The van der Waals surface area contributed by atoms with E-state index in [0.717, 1.165) is 0 Å². The SMILES string of the molecule is CCN(Cc1nc2c(cnn2C)c(=O)[nH]1)Cc1ccc(C#N)cc1F. The van der Waals surface area contributed by atoms with Gasteiger partial charge in [-0.15, -0.1) is 0 Å². The Morgan fingerprint density at radius 3 is 2.88 bits per heavy atom. The fraction of sp³-hybridized carbons (Fsp3) is 0.294. The molecule has 1 N–H and O–H groups in total. The van der Waals surface area contributed by atoms with E-state index in [2.05, 4.69) is 15.1 Å². The lowest BCUT2D eigenvalue weighted by Gasteiger charge is -2.20. The van der Waals surface area contributed by atoms with Crippen LogP contribution in [0.4, 0.5) is 4.39 Å². The highest BCUT2D eigenvalue weighted by Crippen LogP contribution is 2.14. The largest absolute Gasteiger partial charge is 0.309 e. The summed E-state index contributed by atoms with van der Waals surface area (Å²) in [6.45, 7) is 3.31. The molecule has 0 saturated heterocycles. The lowest BCUT2D eigenvalue weighted by atomic mass is 10.1. The standard InChI is InChI=1S/C17H17FN6O/c1-3-24(9-12-5-4-11(7-19)6-14(12)18)10-15-21-16-13(17(25)22-15)8-20-23(16)2/h4-6,8H,3,9-10H2,1-2H3,(H,21,22,25). The number of aryl methyl sites for hydroxylation is 1. The molecule has 0 saturated carbocycles. The van der Waals surface area contributed by atoms with E-state index in [-0.39, 0.29) is 11.1 Å². The quantitative estimate of drug-likeness (QED) is 0.763. The van der Waals surface area contributed by atoms with Crippen LogP contribution in [0.3, 0.4) is 0 Å². The molecule has 0 radical (unpaired) electrons. The minimum Gasteiger partial charge on any atom is -0.309 e. The van der Waals surface area contributed by atoms with Crippen molar-refractivity contribution in [2.75, 3.05) is 6.54 Å². The van der Waals surface area contributed by atoms with E-state index >= 15 is 0 Å². The van der Waals surface area contributed by atoms with Gasteiger partial charge in [0.15, 0.2) is 5.65 Å². The van der Waals surface area contributed by atoms with Crippen molar-refractivity contribution in [3.8, 4) is 6.07 Å². The van der Waals surface area contributed by atoms with Crippen molar-refractivity contribution in [3.63, 3.8) is 0 Å². The summed E-state index contributed by atoms with van der Waals surface area (Å²) in [4.78, 5) is 21.2. The van der Waals surface area contributed by atoms with Crippen LogP contribution in [0.15, 0.2) is 29.2 Å². The number of halogens is 1. The molecule has 2 aromatic heterocycles. The van der Waals surface area contributed by atoms with Gasteiger partial charge in [-0.3, -0.25) is 14.4 Å². The monoisotopic (exact) mass is 340 g/mol. The number of hydrogen-bond acceptors (Lipinski definition) is 5. The Morgan fingerprint density at radius 1 is 1.40 bits per heavy atom. The minimum atomic E-state index is -0.416. The first-order valence-electron chi connectivity index (χ1n) is 7.83. The Labute approximate surface area is 143 Å². The summed E-state index contributed by atoms with van der Waals surface area (Å²) in [7, 11) is 1.72. The van der Waals surface area contributed by atoms with Crippen molar-refractivity contribution in [1.29, 1.82) is 5.26 Å². The molecule has 1 aromatic carbocycles. The van der Waals surface area contributed by atoms with Gasteiger partial charge in [0, 0.05) is 19.2 Å². The van der Waals surface area contributed by atoms with Crippen molar-refractivity contribution < 1.29 is 4.39 Å². The zero-order chi connectivity index (χ0) is 18.0. The predicted molar refractivity (Wildman–Crippen MR) is 90.0 cm³/mol. The third-order valence-electron chi connectivity index (χ3n) is 4.05. The van der Waals surface area contributed by atoms with Crippen LogP contribution in [-0.2, 0) is 20.1 Å². The van der Waals surface area contributed by atoms with Gasteiger partial charge in [-0.25, -0.2) is 9.37 Å². The number of nitrogens with zero attached hydrogens (tertiary/aromatic N) is 5. The third kappa shape index (κ3) is 3.41. The van der Waals surface area contributed by atoms with Crippen molar-refractivity contribution in [2.24, 2.45) is 7.05 Å². The number of fused-ring (bicyclic) bond motifs is 1. The lowest BCUT2D eigenvalue weighted by Crippen LogP contribution is -2.26. The van der Waals surface area contributed by atoms with Gasteiger partial charge >= 0.3 is 0 Å². The summed E-state index contributed by atoms with van der Waals surface area (Å²) in [6, 6.07) is 6.34. The first kappa shape index (κ1) is 16.8. The van der Waals surface area contributed by atoms with E-state index in [1.165, 1.54) is 12.3 Å². The number of hydrogen-bond donors (Lipinski definition) is 1. The highest BCUT2D eigenvalue weighted by molar-refractivity contribution is 5.72. The van der Waals surface area contributed by atoms with Crippen LogP contribution in [0.5, 0.6) is 0 Å². The van der Waals surface area contributed by atoms with Gasteiger partial charge in [0.05, 0.1) is 24.4 Å². The topological polar surface area (TPSA) is 90.6 Å². The molecular weight excluding hydrogens is 323 g/mol. The second-order valence-electron chi connectivity index (χ2n) is 5.74. The van der Waals surface area contributed by atoms with Crippen molar-refractivity contribution in [1.82, 2.24) is 24.6 Å². The van der Waals surface area contributed by atoms with Gasteiger partial charge in [-0.2, -0.15) is 10.4 Å². The van der Waals surface area contributed by atoms with E-state index in [1.54, 1.807) is 23.9 Å². The molecule has 3 aromatic rings. The molecule has 0 unspecified atom stereocenters. The van der Waals surface area contributed by atoms with Crippen LogP contribution in [0, 0.1) is 17.1 Å². The van der Waals surface area contributed by atoms with E-state index in [9.17, 15) is 9.18 Å². The molecule has 0 aliphatic rings. The number of benzene rings is 1. The van der Waals surface area contributed by atoms with Gasteiger partial charge in [0.2, 0.25) is 0 Å². The Hall–Kier alpha value is -3.05. The lowest BCUT2D eigenvalue weighted by molar-refractivity contribution is 0.260. The Kier molecular flexibility index (Phi) is 4.59. The molecule has 128 valence electrons. The number of nitriles is 1. The Morgan fingerprint density at radius 2 is 2.20 bits per heavy atom. The Bertz CT molecular complexity index is 1020. The average molecular weight is 340 g/mol. The summed E-state index contributed by atoms with van der Waals surface area (Å²) in [5, 5.41) is 13.3. The molecule has 0 amide bonds.